The maximum atomic E-state index is 12.9. The van der Waals surface area contributed by atoms with Gasteiger partial charge in [0.15, 0.2) is 0 Å². The summed E-state index contributed by atoms with van der Waals surface area (Å²) in [6, 6.07) is 15.3. The Labute approximate surface area is 217 Å². The van der Waals surface area contributed by atoms with E-state index >= 15 is 0 Å². The van der Waals surface area contributed by atoms with Crippen molar-refractivity contribution >= 4 is 16.7 Å². The van der Waals surface area contributed by atoms with E-state index in [2.05, 4.69) is 15.0 Å². The number of nitrogens with zero attached hydrogens (tertiary/aromatic N) is 3. The molecule has 2 aromatic carbocycles. The first-order chi connectivity index (χ1) is 18.3. The van der Waals surface area contributed by atoms with Crippen molar-refractivity contribution in [2.75, 3.05) is 0 Å². The van der Waals surface area contributed by atoms with Crippen LogP contribution in [0.4, 0.5) is 14.5 Å². The fraction of sp³-hybridized carbons (Fsp3) is 0.143. The summed E-state index contributed by atoms with van der Waals surface area (Å²) >= 11 is 0. The monoisotopic (exact) mass is 518 g/mol. The van der Waals surface area contributed by atoms with Crippen molar-refractivity contribution in [1.82, 2.24) is 15.0 Å². The van der Waals surface area contributed by atoms with Crippen molar-refractivity contribution in [3.63, 3.8) is 0 Å². The van der Waals surface area contributed by atoms with Crippen molar-refractivity contribution < 1.29 is 23.2 Å². The number of aromatic nitrogens is 3. The first kappa shape index (κ1) is 26.2. The molecular formula is C28H24F2N4O4. The zero-order valence-corrected chi connectivity index (χ0v) is 20.7. The number of nitrogens with one attached hydrogen (secondary N) is 1. The fourth-order valence-electron chi connectivity index (χ4n) is 3.54. The second kappa shape index (κ2) is 11.9. The number of H-pyrrole nitrogens is 1. The van der Waals surface area contributed by atoms with Crippen LogP contribution in [0.25, 0.3) is 11.0 Å². The van der Waals surface area contributed by atoms with E-state index in [1.165, 1.54) is 36.5 Å². The molecule has 3 heterocycles. The number of hydrogen-bond acceptors (Lipinski definition) is 6. The molecule has 0 fully saturated rings. The van der Waals surface area contributed by atoms with Gasteiger partial charge in [0.1, 0.15) is 42.3 Å². The van der Waals surface area contributed by atoms with Crippen LogP contribution in [0.1, 0.15) is 22.4 Å². The van der Waals surface area contributed by atoms with Crippen molar-refractivity contribution in [3.8, 4) is 11.5 Å². The molecule has 5 aromatic rings. The highest BCUT2D eigenvalue weighted by Gasteiger charge is 2.14. The molecule has 5 rings (SSSR count). The highest BCUT2D eigenvalue weighted by atomic mass is 19.1. The Hall–Kier alpha value is -4.86. The van der Waals surface area contributed by atoms with Gasteiger partial charge in [-0.05, 0) is 54.8 Å². The molecule has 0 atom stereocenters. The summed E-state index contributed by atoms with van der Waals surface area (Å²) < 4.78 is 36.7. The smallest absolute Gasteiger partial charge is 0.329 e. The van der Waals surface area contributed by atoms with Crippen molar-refractivity contribution in [2.45, 2.75) is 27.1 Å². The highest BCUT2D eigenvalue weighted by Crippen LogP contribution is 2.28. The molecule has 8 nitrogen and oxygen atoms in total. The number of hydrogen-bond donors (Lipinski definition) is 1. The summed E-state index contributed by atoms with van der Waals surface area (Å²) in [4.78, 5) is 21.5. The van der Waals surface area contributed by atoms with Gasteiger partial charge in [-0.3, -0.25) is 20.1 Å². The van der Waals surface area contributed by atoms with Crippen LogP contribution in [-0.2, 0) is 13.2 Å². The number of aromatic amines is 1. The van der Waals surface area contributed by atoms with Crippen LogP contribution in [0, 0.1) is 35.6 Å². The zero-order valence-electron chi connectivity index (χ0n) is 20.7. The molecule has 0 unspecified atom stereocenters. The van der Waals surface area contributed by atoms with Crippen LogP contribution in [0.15, 0.2) is 79.3 Å². The van der Waals surface area contributed by atoms with Crippen molar-refractivity contribution in [2.24, 2.45) is 0 Å². The molecule has 1 N–H and O–H groups in total. The lowest BCUT2D eigenvalue weighted by atomic mass is 10.2. The average molecular weight is 519 g/mol. The lowest BCUT2D eigenvalue weighted by Gasteiger charge is -2.07. The van der Waals surface area contributed by atoms with Gasteiger partial charge < -0.3 is 14.5 Å². The van der Waals surface area contributed by atoms with Crippen LogP contribution in [0.3, 0.4) is 0 Å². The average Bonchev–Trinajstić information content (AvgIpc) is 3.22. The molecule has 10 heteroatoms. The van der Waals surface area contributed by atoms with Crippen LogP contribution in [0.2, 0.25) is 0 Å². The number of aryl methyl sites for hydroxylation is 2. The van der Waals surface area contributed by atoms with Gasteiger partial charge in [0.2, 0.25) is 5.75 Å². The molecule has 0 saturated heterocycles. The summed E-state index contributed by atoms with van der Waals surface area (Å²) in [6.45, 7) is 4.58. The number of halogens is 2. The van der Waals surface area contributed by atoms with Gasteiger partial charge in [0.25, 0.3) is 0 Å². The third-order valence-corrected chi connectivity index (χ3v) is 5.72. The Balaban J connectivity index is 0.000000178. The van der Waals surface area contributed by atoms with Gasteiger partial charge in [-0.15, -0.1) is 0 Å². The van der Waals surface area contributed by atoms with E-state index in [1.54, 1.807) is 30.5 Å². The summed E-state index contributed by atoms with van der Waals surface area (Å²) in [6.07, 6.45) is 4.27. The first-order valence-electron chi connectivity index (χ1n) is 11.6. The van der Waals surface area contributed by atoms with E-state index in [0.717, 1.165) is 45.4 Å². The number of benzene rings is 2. The lowest BCUT2D eigenvalue weighted by molar-refractivity contribution is -0.386. The molecular weight excluding hydrogens is 494 g/mol. The molecule has 0 aliphatic rings. The van der Waals surface area contributed by atoms with Crippen LogP contribution in [-0.4, -0.2) is 19.9 Å². The SMILES string of the molecule is Cc1[nH]c2c(OCc3ccc(F)cc3)ccnc2c1C.O=[N+]([O-])c1cnccc1OCc1ccc(F)cc1. The van der Waals surface area contributed by atoms with E-state index < -0.39 is 4.92 Å². The molecule has 194 valence electrons. The molecule has 0 amide bonds. The van der Waals surface area contributed by atoms with Gasteiger partial charge in [-0.2, -0.15) is 0 Å². The van der Waals surface area contributed by atoms with Crippen LogP contribution >= 0.6 is 0 Å². The molecule has 0 aliphatic carbocycles. The van der Waals surface area contributed by atoms with Crippen molar-refractivity contribution in [3.05, 3.63) is 123 Å². The molecule has 38 heavy (non-hydrogen) atoms. The van der Waals surface area contributed by atoms with Gasteiger partial charge in [-0.25, -0.2) is 8.78 Å². The van der Waals surface area contributed by atoms with Crippen molar-refractivity contribution in [1.29, 1.82) is 0 Å². The number of pyridine rings is 2. The minimum absolute atomic E-state index is 0.130. The summed E-state index contributed by atoms with van der Waals surface area (Å²) in [7, 11) is 0. The quantitative estimate of drug-likeness (QED) is 0.192. The highest BCUT2D eigenvalue weighted by molar-refractivity contribution is 5.85. The third kappa shape index (κ3) is 6.47. The Morgan fingerprint density at radius 1 is 0.842 bits per heavy atom. The van der Waals surface area contributed by atoms with E-state index in [4.69, 9.17) is 9.47 Å². The van der Waals surface area contributed by atoms with Gasteiger partial charge in [0.05, 0.1) is 10.4 Å². The van der Waals surface area contributed by atoms with Gasteiger partial charge in [0, 0.05) is 30.2 Å². The minimum atomic E-state index is -0.563. The van der Waals surface area contributed by atoms with E-state index in [9.17, 15) is 18.9 Å². The normalized spacial score (nSPS) is 10.5. The maximum Gasteiger partial charge on any atom is 0.329 e. The van der Waals surface area contributed by atoms with Gasteiger partial charge >= 0.3 is 5.69 Å². The molecule has 0 aliphatic heterocycles. The Morgan fingerprint density at radius 3 is 1.97 bits per heavy atom. The second-order valence-corrected chi connectivity index (χ2v) is 8.34. The minimum Gasteiger partial charge on any atom is -0.487 e. The number of rotatable bonds is 7. The number of nitro groups is 1. The topological polar surface area (TPSA) is 103 Å². The van der Waals surface area contributed by atoms with E-state index in [1.807, 2.05) is 19.9 Å². The Morgan fingerprint density at radius 2 is 1.39 bits per heavy atom. The second-order valence-electron chi connectivity index (χ2n) is 8.34. The Kier molecular flexibility index (Phi) is 8.22. The fourth-order valence-corrected chi connectivity index (χ4v) is 3.54. The molecule has 0 saturated carbocycles. The standard InChI is InChI=1S/C16H15FN2O.C12H9FN2O3/c1-10-11(2)19-16-14(7-8-18-15(10)16)20-9-12-3-5-13(17)6-4-12;13-10-3-1-9(2-4-10)8-18-12-5-6-14-7-11(12)15(16)17/h3-8,19H,9H2,1-2H3;1-7H,8H2. The van der Waals surface area contributed by atoms with E-state index in [0.29, 0.717) is 6.61 Å². The summed E-state index contributed by atoms with van der Waals surface area (Å²) in [5, 5.41) is 10.7. The van der Waals surface area contributed by atoms with E-state index in [-0.39, 0.29) is 29.7 Å². The predicted molar refractivity (Wildman–Crippen MR) is 138 cm³/mol. The molecule has 3 aromatic heterocycles. The van der Waals surface area contributed by atoms with Crippen LogP contribution in [0.5, 0.6) is 11.5 Å². The predicted octanol–water partition coefficient (Wildman–Crippen LogP) is 6.61. The van der Waals surface area contributed by atoms with Crippen LogP contribution < -0.4 is 9.47 Å². The first-order valence-corrected chi connectivity index (χ1v) is 11.6. The number of fused-ring (bicyclic) bond motifs is 1. The number of ether oxygens (including phenoxy) is 2. The van der Waals surface area contributed by atoms with Gasteiger partial charge in [-0.1, -0.05) is 24.3 Å². The molecule has 0 bridgehead atoms. The summed E-state index contributed by atoms with van der Waals surface area (Å²) in [5.74, 6) is 0.319. The largest absolute Gasteiger partial charge is 0.487 e. The zero-order chi connectivity index (χ0) is 27.1. The molecule has 0 radical (unpaired) electrons. The maximum absolute atomic E-state index is 12.9. The summed E-state index contributed by atoms with van der Waals surface area (Å²) in [5.41, 5.74) is 5.51. The molecule has 0 spiro atoms. The lowest BCUT2D eigenvalue weighted by Crippen LogP contribution is -1.99. The third-order valence-electron chi connectivity index (χ3n) is 5.72. The Bertz CT molecular complexity index is 1540.